The van der Waals surface area contributed by atoms with E-state index in [1.807, 2.05) is 6.92 Å². The first kappa shape index (κ1) is 12.5. The van der Waals surface area contributed by atoms with Crippen molar-refractivity contribution in [3.63, 3.8) is 0 Å². The van der Waals surface area contributed by atoms with Gasteiger partial charge in [-0.3, -0.25) is 9.69 Å². The minimum Gasteiger partial charge on any atom is -0.395 e. The van der Waals surface area contributed by atoms with Gasteiger partial charge in [0.15, 0.2) is 0 Å². The van der Waals surface area contributed by atoms with Gasteiger partial charge >= 0.3 is 0 Å². The number of hydrogen-bond acceptors (Lipinski definition) is 3. The van der Waals surface area contributed by atoms with Gasteiger partial charge in [0.05, 0.1) is 6.61 Å². The molecule has 0 radical (unpaired) electrons. The molecule has 0 spiro atoms. The van der Waals surface area contributed by atoms with E-state index in [4.69, 9.17) is 5.11 Å². The van der Waals surface area contributed by atoms with Gasteiger partial charge in [-0.25, -0.2) is 0 Å². The largest absolute Gasteiger partial charge is 0.395 e. The Kier molecular flexibility index (Phi) is 5.65. The third kappa shape index (κ3) is 4.18. The van der Waals surface area contributed by atoms with Crippen LogP contribution in [0, 0.1) is 0 Å². The summed E-state index contributed by atoms with van der Waals surface area (Å²) in [7, 11) is 0. The lowest BCUT2D eigenvalue weighted by molar-refractivity contribution is -0.121. The van der Waals surface area contributed by atoms with E-state index in [1.54, 1.807) is 0 Å². The van der Waals surface area contributed by atoms with Crippen molar-refractivity contribution in [3.8, 4) is 0 Å². The van der Waals surface area contributed by atoms with Crippen LogP contribution in [0.5, 0.6) is 0 Å². The van der Waals surface area contributed by atoms with E-state index in [2.05, 4.69) is 10.2 Å². The predicted molar refractivity (Wildman–Crippen MR) is 59.6 cm³/mol. The molecule has 4 heteroatoms. The number of carbonyl (C=O) groups excluding carboxylic acids is 1. The first-order valence-corrected chi connectivity index (χ1v) is 5.89. The second-order valence-corrected chi connectivity index (χ2v) is 4.05. The highest BCUT2D eigenvalue weighted by atomic mass is 16.3. The van der Waals surface area contributed by atoms with Crippen LogP contribution in [-0.4, -0.2) is 48.2 Å². The molecule has 0 aromatic carbocycles. The molecule has 1 saturated carbocycles. The lowest BCUT2D eigenvalue weighted by atomic mass is 9.91. The van der Waals surface area contributed by atoms with Crippen molar-refractivity contribution < 1.29 is 9.90 Å². The summed E-state index contributed by atoms with van der Waals surface area (Å²) in [5, 5.41) is 11.7. The van der Waals surface area contributed by atoms with Gasteiger partial charge in [-0.2, -0.15) is 0 Å². The monoisotopic (exact) mass is 214 g/mol. The van der Waals surface area contributed by atoms with Gasteiger partial charge in [-0.1, -0.05) is 6.42 Å². The summed E-state index contributed by atoms with van der Waals surface area (Å²) >= 11 is 0. The first-order valence-electron chi connectivity index (χ1n) is 5.89. The fourth-order valence-corrected chi connectivity index (χ4v) is 1.89. The van der Waals surface area contributed by atoms with Gasteiger partial charge in [0.25, 0.3) is 0 Å². The number of rotatable bonds is 7. The number of hydrogen-bond donors (Lipinski definition) is 2. The molecule has 0 aromatic heterocycles. The molecule has 0 aromatic rings. The Bertz CT molecular complexity index is 193. The van der Waals surface area contributed by atoms with E-state index in [-0.39, 0.29) is 12.5 Å². The smallest absolute Gasteiger partial charge is 0.221 e. The quantitative estimate of drug-likeness (QED) is 0.643. The standard InChI is InChI=1S/C11H22N2O2/c1-2-12-11(15)6-7-13(8-9-14)10-4-3-5-10/h10,14H,2-9H2,1H3,(H,12,15). The number of nitrogens with zero attached hydrogens (tertiary/aromatic N) is 1. The Hall–Kier alpha value is -0.610. The fourth-order valence-electron chi connectivity index (χ4n) is 1.89. The van der Waals surface area contributed by atoms with E-state index in [9.17, 15) is 4.79 Å². The van der Waals surface area contributed by atoms with Crippen molar-refractivity contribution in [3.05, 3.63) is 0 Å². The SMILES string of the molecule is CCNC(=O)CCN(CCO)C1CCC1. The second-order valence-electron chi connectivity index (χ2n) is 4.05. The topological polar surface area (TPSA) is 52.6 Å². The highest BCUT2D eigenvalue weighted by Gasteiger charge is 2.24. The lowest BCUT2D eigenvalue weighted by Gasteiger charge is -2.37. The predicted octanol–water partition coefficient (Wildman–Crippen LogP) is 0.359. The molecule has 0 aliphatic heterocycles. The zero-order valence-corrected chi connectivity index (χ0v) is 9.54. The number of amides is 1. The summed E-state index contributed by atoms with van der Waals surface area (Å²) < 4.78 is 0. The maximum atomic E-state index is 11.3. The van der Waals surface area contributed by atoms with Crippen LogP contribution in [0.1, 0.15) is 32.6 Å². The van der Waals surface area contributed by atoms with Crippen LogP contribution in [0.4, 0.5) is 0 Å². The minimum atomic E-state index is 0.111. The molecule has 2 N–H and O–H groups in total. The van der Waals surface area contributed by atoms with Gasteiger partial charge in [-0.15, -0.1) is 0 Å². The Morgan fingerprint density at radius 1 is 1.47 bits per heavy atom. The molecule has 1 rings (SSSR count). The molecule has 1 aliphatic carbocycles. The maximum Gasteiger partial charge on any atom is 0.221 e. The zero-order chi connectivity index (χ0) is 11.1. The summed E-state index contributed by atoms with van der Waals surface area (Å²) in [5.41, 5.74) is 0. The highest BCUT2D eigenvalue weighted by molar-refractivity contribution is 5.75. The lowest BCUT2D eigenvalue weighted by Crippen LogP contribution is -2.43. The summed E-state index contributed by atoms with van der Waals surface area (Å²) in [4.78, 5) is 13.5. The molecule has 0 saturated heterocycles. The van der Waals surface area contributed by atoms with Gasteiger partial charge in [0.2, 0.25) is 5.91 Å². The molecule has 0 unspecified atom stereocenters. The Morgan fingerprint density at radius 2 is 2.20 bits per heavy atom. The minimum absolute atomic E-state index is 0.111. The van der Waals surface area contributed by atoms with Gasteiger partial charge in [0, 0.05) is 32.1 Å². The van der Waals surface area contributed by atoms with Crippen LogP contribution in [0.25, 0.3) is 0 Å². The van der Waals surface area contributed by atoms with Crippen LogP contribution in [0.15, 0.2) is 0 Å². The summed E-state index contributed by atoms with van der Waals surface area (Å²) in [5.74, 6) is 0.111. The van der Waals surface area contributed by atoms with Crippen molar-refractivity contribution in [2.45, 2.75) is 38.6 Å². The fraction of sp³-hybridized carbons (Fsp3) is 0.909. The number of aliphatic hydroxyl groups is 1. The van der Waals surface area contributed by atoms with E-state index >= 15 is 0 Å². The number of carbonyl (C=O) groups is 1. The molecule has 0 heterocycles. The van der Waals surface area contributed by atoms with Crippen LogP contribution >= 0.6 is 0 Å². The summed E-state index contributed by atoms with van der Waals surface area (Å²) in [6.07, 6.45) is 4.27. The van der Waals surface area contributed by atoms with Crippen molar-refractivity contribution >= 4 is 5.91 Å². The molecular formula is C11H22N2O2. The Labute approximate surface area is 91.6 Å². The van der Waals surface area contributed by atoms with Gasteiger partial charge in [0.1, 0.15) is 0 Å². The first-order chi connectivity index (χ1) is 7.27. The van der Waals surface area contributed by atoms with Gasteiger partial charge in [-0.05, 0) is 19.8 Å². The molecule has 0 bridgehead atoms. The summed E-state index contributed by atoms with van der Waals surface area (Å²) in [6.45, 7) is 4.28. The van der Waals surface area contributed by atoms with Crippen molar-refractivity contribution in [2.75, 3.05) is 26.2 Å². The summed E-state index contributed by atoms with van der Waals surface area (Å²) in [6, 6.07) is 0.603. The van der Waals surface area contributed by atoms with Crippen molar-refractivity contribution in [1.29, 1.82) is 0 Å². The van der Waals surface area contributed by atoms with E-state index in [0.29, 0.717) is 25.6 Å². The molecule has 0 atom stereocenters. The average molecular weight is 214 g/mol. The van der Waals surface area contributed by atoms with E-state index in [0.717, 1.165) is 6.54 Å². The van der Waals surface area contributed by atoms with E-state index < -0.39 is 0 Å². The van der Waals surface area contributed by atoms with Crippen LogP contribution in [0.3, 0.4) is 0 Å². The Morgan fingerprint density at radius 3 is 2.67 bits per heavy atom. The van der Waals surface area contributed by atoms with Gasteiger partial charge < -0.3 is 10.4 Å². The van der Waals surface area contributed by atoms with Crippen LogP contribution in [0.2, 0.25) is 0 Å². The highest BCUT2D eigenvalue weighted by Crippen LogP contribution is 2.24. The molecule has 4 nitrogen and oxygen atoms in total. The number of aliphatic hydroxyl groups excluding tert-OH is 1. The van der Waals surface area contributed by atoms with Crippen LogP contribution in [-0.2, 0) is 4.79 Å². The van der Waals surface area contributed by atoms with Crippen molar-refractivity contribution in [2.24, 2.45) is 0 Å². The third-order valence-corrected chi connectivity index (χ3v) is 2.98. The zero-order valence-electron chi connectivity index (χ0n) is 9.54. The molecule has 1 aliphatic rings. The third-order valence-electron chi connectivity index (χ3n) is 2.98. The number of nitrogens with one attached hydrogen (secondary N) is 1. The molecule has 1 amide bonds. The normalized spacial score (nSPS) is 16.5. The van der Waals surface area contributed by atoms with Crippen molar-refractivity contribution in [1.82, 2.24) is 10.2 Å². The molecular weight excluding hydrogens is 192 g/mol. The molecule has 15 heavy (non-hydrogen) atoms. The van der Waals surface area contributed by atoms with Crippen LogP contribution < -0.4 is 5.32 Å². The maximum absolute atomic E-state index is 11.3. The van der Waals surface area contributed by atoms with E-state index in [1.165, 1.54) is 19.3 Å². The Balaban J connectivity index is 2.21. The molecule has 1 fully saturated rings. The second kappa shape index (κ2) is 6.80. The molecule has 88 valence electrons. The average Bonchev–Trinajstić information content (AvgIpc) is 2.12.